The summed E-state index contributed by atoms with van der Waals surface area (Å²) in [7, 11) is 0. The molecule has 0 aliphatic rings. The lowest BCUT2D eigenvalue weighted by atomic mass is 10.1. The predicted molar refractivity (Wildman–Crippen MR) is 116 cm³/mol. The SMILES string of the molecule is CCc1cc2oc(=O)cc(COC(=O)Cc3csc(-c4cccs4)n3)c2cc1Cl. The number of thiophene rings is 1. The summed E-state index contributed by atoms with van der Waals surface area (Å²) in [5, 5.41) is 5.98. The Bertz CT molecular complexity index is 1230. The van der Waals surface area contributed by atoms with Crippen LogP contribution in [0.15, 0.2) is 50.3 Å². The number of fused-ring (bicyclic) bond motifs is 1. The minimum Gasteiger partial charge on any atom is -0.460 e. The molecule has 0 atom stereocenters. The second kappa shape index (κ2) is 8.49. The monoisotopic (exact) mass is 445 g/mol. The molecule has 0 N–H and O–H groups in total. The summed E-state index contributed by atoms with van der Waals surface area (Å²) in [4.78, 5) is 29.7. The highest BCUT2D eigenvalue weighted by molar-refractivity contribution is 7.20. The van der Waals surface area contributed by atoms with Gasteiger partial charge in [-0.1, -0.05) is 24.6 Å². The number of halogens is 1. The molecular weight excluding hydrogens is 430 g/mol. The number of hydrogen-bond acceptors (Lipinski definition) is 7. The van der Waals surface area contributed by atoms with Crippen molar-refractivity contribution in [3.05, 3.63) is 73.4 Å². The minimum absolute atomic E-state index is 0.0371. The van der Waals surface area contributed by atoms with Crippen LogP contribution in [0.3, 0.4) is 0 Å². The van der Waals surface area contributed by atoms with E-state index in [4.69, 9.17) is 20.8 Å². The van der Waals surface area contributed by atoms with Crippen LogP contribution in [0.5, 0.6) is 0 Å². The molecule has 8 heteroatoms. The van der Waals surface area contributed by atoms with E-state index in [1.807, 2.05) is 29.8 Å². The molecule has 0 saturated carbocycles. The van der Waals surface area contributed by atoms with E-state index in [0.29, 0.717) is 27.2 Å². The number of aryl methyl sites for hydroxylation is 1. The van der Waals surface area contributed by atoms with Crippen molar-refractivity contribution < 1.29 is 13.9 Å². The number of benzene rings is 1. The highest BCUT2D eigenvalue weighted by Gasteiger charge is 2.14. The van der Waals surface area contributed by atoms with Crippen molar-refractivity contribution in [3.8, 4) is 9.88 Å². The van der Waals surface area contributed by atoms with Crippen LogP contribution in [-0.4, -0.2) is 11.0 Å². The molecule has 4 aromatic rings. The lowest BCUT2D eigenvalue weighted by molar-refractivity contribution is -0.144. The van der Waals surface area contributed by atoms with Gasteiger partial charge in [-0.15, -0.1) is 22.7 Å². The van der Waals surface area contributed by atoms with Crippen LogP contribution in [0.25, 0.3) is 20.9 Å². The number of nitrogens with zero attached hydrogens (tertiary/aromatic N) is 1. The van der Waals surface area contributed by atoms with E-state index in [2.05, 4.69) is 4.98 Å². The molecule has 0 bridgehead atoms. The van der Waals surface area contributed by atoms with Gasteiger partial charge in [0.25, 0.3) is 0 Å². The van der Waals surface area contributed by atoms with Crippen molar-refractivity contribution in [1.82, 2.24) is 4.98 Å². The first-order chi connectivity index (χ1) is 14.0. The van der Waals surface area contributed by atoms with E-state index in [1.54, 1.807) is 23.5 Å². The van der Waals surface area contributed by atoms with Gasteiger partial charge in [-0.25, -0.2) is 9.78 Å². The molecule has 5 nitrogen and oxygen atoms in total. The summed E-state index contributed by atoms with van der Waals surface area (Å²) in [6, 6.07) is 8.79. The van der Waals surface area contributed by atoms with Gasteiger partial charge in [0, 0.05) is 27.4 Å². The van der Waals surface area contributed by atoms with Crippen LogP contribution < -0.4 is 5.63 Å². The Balaban J connectivity index is 1.48. The van der Waals surface area contributed by atoms with Crippen molar-refractivity contribution in [2.24, 2.45) is 0 Å². The van der Waals surface area contributed by atoms with Gasteiger partial charge in [0.15, 0.2) is 0 Å². The van der Waals surface area contributed by atoms with E-state index in [9.17, 15) is 9.59 Å². The molecule has 0 saturated heterocycles. The first-order valence-corrected chi connectivity index (χ1v) is 11.1. The van der Waals surface area contributed by atoms with E-state index < -0.39 is 11.6 Å². The van der Waals surface area contributed by atoms with E-state index >= 15 is 0 Å². The fourth-order valence-corrected chi connectivity index (χ4v) is 4.87. The van der Waals surface area contributed by atoms with Crippen LogP contribution in [0.1, 0.15) is 23.7 Å². The number of hydrogen-bond donors (Lipinski definition) is 0. The van der Waals surface area contributed by atoms with Crippen LogP contribution >= 0.6 is 34.3 Å². The Morgan fingerprint density at radius 2 is 2.10 bits per heavy atom. The number of ether oxygens (including phenoxy) is 1. The Kier molecular flexibility index (Phi) is 5.80. The zero-order valence-corrected chi connectivity index (χ0v) is 17.8. The van der Waals surface area contributed by atoms with Gasteiger partial charge in [-0.05, 0) is 35.6 Å². The van der Waals surface area contributed by atoms with Crippen LogP contribution in [0, 0.1) is 0 Å². The number of thiazole rings is 1. The fraction of sp³-hybridized carbons (Fsp3) is 0.190. The van der Waals surface area contributed by atoms with Crippen molar-refractivity contribution in [3.63, 3.8) is 0 Å². The third-order valence-electron chi connectivity index (χ3n) is 4.38. The van der Waals surface area contributed by atoms with Gasteiger partial charge in [0.05, 0.1) is 17.0 Å². The molecule has 0 aliphatic heterocycles. The Morgan fingerprint density at radius 3 is 2.86 bits per heavy atom. The van der Waals surface area contributed by atoms with Crippen molar-refractivity contribution in [1.29, 1.82) is 0 Å². The Labute approximate surface area is 179 Å². The molecular formula is C21H16ClNO4S2. The standard InChI is InChI=1S/C21H16ClNO4S2/c1-2-12-6-17-15(9-16(12)22)13(7-20(25)27-17)10-26-19(24)8-14-11-29-21(23-14)18-4-3-5-28-18/h3-7,9,11H,2,8,10H2,1H3. The molecule has 1 aromatic carbocycles. The van der Waals surface area contributed by atoms with Gasteiger partial charge in [0.1, 0.15) is 17.2 Å². The molecule has 0 fully saturated rings. The third kappa shape index (κ3) is 4.42. The number of esters is 1. The van der Waals surface area contributed by atoms with Gasteiger partial charge in [0.2, 0.25) is 0 Å². The largest absolute Gasteiger partial charge is 0.460 e. The lowest BCUT2D eigenvalue weighted by Crippen LogP contribution is -2.10. The summed E-state index contributed by atoms with van der Waals surface area (Å²) < 4.78 is 10.7. The molecule has 0 amide bonds. The first-order valence-electron chi connectivity index (χ1n) is 8.92. The molecule has 148 valence electrons. The van der Waals surface area contributed by atoms with Crippen molar-refractivity contribution in [2.75, 3.05) is 0 Å². The summed E-state index contributed by atoms with van der Waals surface area (Å²) in [5.74, 6) is -0.411. The molecule has 0 spiro atoms. The zero-order chi connectivity index (χ0) is 20.4. The maximum atomic E-state index is 12.3. The molecule has 3 aromatic heterocycles. The second-order valence-corrected chi connectivity index (χ2v) is 8.56. The first kappa shape index (κ1) is 19.8. The second-order valence-electron chi connectivity index (χ2n) is 6.34. The van der Waals surface area contributed by atoms with Crippen LogP contribution in [0.2, 0.25) is 5.02 Å². The van der Waals surface area contributed by atoms with Crippen molar-refractivity contribution in [2.45, 2.75) is 26.4 Å². The Hall–Kier alpha value is -2.48. The third-order valence-corrected chi connectivity index (χ3v) is 6.66. The number of rotatable bonds is 6. The average Bonchev–Trinajstić information content (AvgIpc) is 3.37. The highest BCUT2D eigenvalue weighted by Crippen LogP contribution is 2.28. The molecule has 0 unspecified atom stereocenters. The molecule has 29 heavy (non-hydrogen) atoms. The Morgan fingerprint density at radius 1 is 1.24 bits per heavy atom. The van der Waals surface area contributed by atoms with Gasteiger partial charge < -0.3 is 9.15 Å². The van der Waals surface area contributed by atoms with Crippen molar-refractivity contribution >= 4 is 51.2 Å². The highest BCUT2D eigenvalue weighted by atomic mass is 35.5. The number of carbonyl (C=O) groups is 1. The summed E-state index contributed by atoms with van der Waals surface area (Å²) in [6.45, 7) is 1.93. The average molecular weight is 446 g/mol. The van der Waals surface area contributed by atoms with Gasteiger partial charge in [-0.2, -0.15) is 0 Å². The minimum atomic E-state index is -0.493. The molecule has 4 rings (SSSR count). The van der Waals surface area contributed by atoms with Gasteiger partial charge in [-0.3, -0.25) is 4.79 Å². The maximum Gasteiger partial charge on any atom is 0.336 e. The summed E-state index contributed by atoms with van der Waals surface area (Å²) >= 11 is 9.40. The normalized spacial score (nSPS) is 11.1. The molecule has 0 aliphatic carbocycles. The van der Waals surface area contributed by atoms with E-state index in [0.717, 1.165) is 21.9 Å². The zero-order valence-electron chi connectivity index (χ0n) is 15.4. The topological polar surface area (TPSA) is 69.4 Å². The maximum absolute atomic E-state index is 12.3. The quantitative estimate of drug-likeness (QED) is 0.290. The van der Waals surface area contributed by atoms with E-state index in [-0.39, 0.29) is 13.0 Å². The van der Waals surface area contributed by atoms with Crippen LogP contribution in [0.4, 0.5) is 0 Å². The lowest BCUT2D eigenvalue weighted by Gasteiger charge is -2.09. The number of carbonyl (C=O) groups excluding carboxylic acids is 1. The number of aromatic nitrogens is 1. The van der Waals surface area contributed by atoms with Crippen LogP contribution in [-0.2, 0) is 29.0 Å². The summed E-state index contributed by atoms with van der Waals surface area (Å²) in [5.41, 5.74) is 2.06. The fourth-order valence-electron chi connectivity index (χ4n) is 2.94. The smallest absolute Gasteiger partial charge is 0.336 e. The summed E-state index contributed by atoms with van der Waals surface area (Å²) in [6.07, 6.45) is 0.792. The van der Waals surface area contributed by atoms with Gasteiger partial charge >= 0.3 is 11.6 Å². The van der Waals surface area contributed by atoms with E-state index in [1.165, 1.54) is 17.4 Å². The predicted octanol–water partition coefficient (Wildman–Crippen LogP) is 5.48. The molecule has 3 heterocycles. The molecule has 0 radical (unpaired) electrons.